The Kier molecular flexibility index (Phi) is 11.5. The summed E-state index contributed by atoms with van der Waals surface area (Å²) in [6.45, 7) is 11.0. The van der Waals surface area contributed by atoms with Crippen LogP contribution in [0.5, 0.6) is 0 Å². The number of carbonyl (C=O) groups is 4. The first kappa shape index (κ1) is 26.8. The molecule has 0 radical (unpaired) electrons. The summed E-state index contributed by atoms with van der Waals surface area (Å²) in [6.07, 6.45) is 1.59. The third-order valence-electron chi connectivity index (χ3n) is 3.23. The van der Waals surface area contributed by atoms with Gasteiger partial charge >= 0.3 is 11.9 Å². The van der Waals surface area contributed by atoms with Crippen molar-refractivity contribution in [2.75, 3.05) is 20.1 Å². The Balaban J connectivity index is 3.84. The molecule has 0 saturated carbocycles. The molecule has 29 heavy (non-hydrogen) atoms. The van der Waals surface area contributed by atoms with Crippen LogP contribution in [0.1, 0.15) is 73.6 Å². The van der Waals surface area contributed by atoms with E-state index in [4.69, 9.17) is 9.47 Å². The highest BCUT2D eigenvalue weighted by molar-refractivity contribution is 5.81. The first-order chi connectivity index (χ1) is 13.2. The second kappa shape index (κ2) is 12.4. The fourth-order valence-corrected chi connectivity index (χ4v) is 2.21. The van der Waals surface area contributed by atoms with E-state index in [0.717, 1.165) is 0 Å². The monoisotopic (exact) mass is 415 g/mol. The summed E-state index contributed by atoms with van der Waals surface area (Å²) >= 11 is 0. The van der Waals surface area contributed by atoms with Gasteiger partial charge in [-0.3, -0.25) is 24.6 Å². The predicted octanol–water partition coefficient (Wildman–Crippen LogP) is 1.70. The minimum absolute atomic E-state index is 0.0372. The number of likely N-dealkylation sites (N-methyl/N-ethyl adjacent to an activating group) is 1. The van der Waals surface area contributed by atoms with Crippen molar-refractivity contribution in [1.82, 2.24) is 15.8 Å². The topological polar surface area (TPSA) is 114 Å². The summed E-state index contributed by atoms with van der Waals surface area (Å²) in [5.41, 5.74) is 1.47. The van der Waals surface area contributed by atoms with Crippen LogP contribution in [0, 0.1) is 0 Å². The molecule has 9 heteroatoms. The highest BCUT2D eigenvalue weighted by Crippen LogP contribution is 2.09. The largest absolute Gasteiger partial charge is 0.460 e. The van der Waals surface area contributed by atoms with Gasteiger partial charge in [-0.2, -0.15) is 0 Å². The average molecular weight is 416 g/mol. The molecule has 0 aliphatic carbocycles. The molecule has 168 valence electrons. The smallest absolute Gasteiger partial charge is 0.322 e. The molecule has 0 aromatic heterocycles. The number of nitrogens with zero attached hydrogens (tertiary/aromatic N) is 1. The standard InChI is InChI=1S/C20H37N3O6/c1-19(2,3)28-17(26)12-11-15(24)21-13-9-8-10-16(25)22-23(7)14-18(27)29-20(4,5)6/h8-14H2,1-7H3,(H,21,24)(H,22,25). The SMILES string of the molecule is CN(CC(=O)OC(C)(C)C)NC(=O)CCCCNC(=O)CCC(=O)OC(C)(C)C. The van der Waals surface area contributed by atoms with Crippen molar-refractivity contribution >= 4 is 23.8 Å². The molecule has 0 aliphatic heterocycles. The van der Waals surface area contributed by atoms with Crippen LogP contribution in [0.15, 0.2) is 0 Å². The van der Waals surface area contributed by atoms with Gasteiger partial charge in [0.05, 0.1) is 6.42 Å². The van der Waals surface area contributed by atoms with E-state index in [2.05, 4.69) is 10.7 Å². The van der Waals surface area contributed by atoms with Crippen molar-refractivity contribution < 1.29 is 28.7 Å². The molecule has 0 unspecified atom stereocenters. The fraction of sp³-hybridized carbons (Fsp3) is 0.800. The molecule has 0 spiro atoms. The van der Waals surface area contributed by atoms with Crippen LogP contribution in [0.3, 0.4) is 0 Å². The minimum Gasteiger partial charge on any atom is -0.460 e. The predicted molar refractivity (Wildman–Crippen MR) is 109 cm³/mol. The number of esters is 2. The van der Waals surface area contributed by atoms with Crippen molar-refractivity contribution in [2.45, 2.75) is 84.8 Å². The van der Waals surface area contributed by atoms with Crippen LogP contribution in [-0.4, -0.2) is 60.1 Å². The molecule has 0 aromatic rings. The van der Waals surface area contributed by atoms with Crippen LogP contribution >= 0.6 is 0 Å². The molecule has 0 rings (SSSR count). The number of ether oxygens (including phenoxy) is 2. The van der Waals surface area contributed by atoms with Gasteiger partial charge in [-0.05, 0) is 54.4 Å². The van der Waals surface area contributed by atoms with Crippen LogP contribution in [-0.2, 0) is 28.7 Å². The van der Waals surface area contributed by atoms with Gasteiger partial charge in [-0.15, -0.1) is 0 Å². The van der Waals surface area contributed by atoms with E-state index in [1.54, 1.807) is 48.6 Å². The molecule has 0 bridgehead atoms. The van der Waals surface area contributed by atoms with Gasteiger partial charge in [0.15, 0.2) is 0 Å². The molecule has 0 heterocycles. The summed E-state index contributed by atoms with van der Waals surface area (Å²) < 4.78 is 10.3. The third kappa shape index (κ3) is 17.7. The Morgan fingerprint density at radius 3 is 1.86 bits per heavy atom. The van der Waals surface area contributed by atoms with Gasteiger partial charge in [-0.1, -0.05) is 0 Å². The Bertz CT molecular complexity index is 564. The van der Waals surface area contributed by atoms with Gasteiger partial charge in [0.2, 0.25) is 11.8 Å². The number of hydrazine groups is 1. The third-order valence-corrected chi connectivity index (χ3v) is 3.23. The molecule has 2 amide bonds. The first-order valence-corrected chi connectivity index (χ1v) is 9.89. The second-order valence-electron chi connectivity index (χ2n) is 8.87. The lowest BCUT2D eigenvalue weighted by Crippen LogP contribution is -2.43. The molecular weight excluding hydrogens is 378 g/mol. The number of hydrogen-bond acceptors (Lipinski definition) is 7. The molecule has 0 fully saturated rings. The summed E-state index contributed by atoms with van der Waals surface area (Å²) in [7, 11) is 1.59. The zero-order chi connectivity index (χ0) is 22.7. The highest BCUT2D eigenvalue weighted by Gasteiger charge is 2.18. The van der Waals surface area contributed by atoms with E-state index in [1.165, 1.54) is 5.01 Å². The number of carbonyl (C=O) groups excluding carboxylic acids is 4. The molecule has 2 N–H and O–H groups in total. The molecule has 0 aliphatic rings. The lowest BCUT2D eigenvalue weighted by Gasteiger charge is -2.22. The van der Waals surface area contributed by atoms with E-state index in [0.29, 0.717) is 19.4 Å². The number of hydrogen-bond donors (Lipinski definition) is 2. The normalized spacial score (nSPS) is 11.7. The van der Waals surface area contributed by atoms with Gasteiger partial charge in [0.1, 0.15) is 17.7 Å². The molecule has 9 nitrogen and oxygen atoms in total. The Labute approximate surface area is 173 Å². The second-order valence-corrected chi connectivity index (χ2v) is 8.87. The Morgan fingerprint density at radius 2 is 1.31 bits per heavy atom. The number of amides is 2. The molecule has 0 saturated heterocycles. The van der Waals surface area contributed by atoms with E-state index in [1.807, 2.05) is 0 Å². The zero-order valence-corrected chi connectivity index (χ0v) is 18.8. The van der Waals surface area contributed by atoms with Crippen molar-refractivity contribution in [2.24, 2.45) is 0 Å². The van der Waals surface area contributed by atoms with Crippen molar-refractivity contribution in [1.29, 1.82) is 0 Å². The van der Waals surface area contributed by atoms with Gasteiger partial charge in [0, 0.05) is 26.4 Å². The summed E-state index contributed by atoms with van der Waals surface area (Å²) in [5, 5.41) is 4.10. The van der Waals surface area contributed by atoms with Crippen molar-refractivity contribution in [3.05, 3.63) is 0 Å². The van der Waals surface area contributed by atoms with E-state index >= 15 is 0 Å². The van der Waals surface area contributed by atoms with E-state index in [9.17, 15) is 19.2 Å². The lowest BCUT2D eigenvalue weighted by atomic mass is 10.2. The summed E-state index contributed by atoms with van der Waals surface area (Å²) in [4.78, 5) is 46.8. The maximum Gasteiger partial charge on any atom is 0.322 e. The maximum absolute atomic E-state index is 11.9. The highest BCUT2D eigenvalue weighted by atomic mass is 16.6. The molecule has 0 aromatic carbocycles. The minimum atomic E-state index is -0.570. The van der Waals surface area contributed by atoms with Gasteiger partial charge in [0.25, 0.3) is 0 Å². The molecular formula is C20H37N3O6. The van der Waals surface area contributed by atoms with Crippen LogP contribution < -0.4 is 10.7 Å². The number of rotatable bonds is 11. The fourth-order valence-electron chi connectivity index (χ4n) is 2.21. The molecule has 0 atom stereocenters. The summed E-state index contributed by atoms with van der Waals surface area (Å²) in [6, 6.07) is 0. The van der Waals surface area contributed by atoms with Crippen LogP contribution in [0.25, 0.3) is 0 Å². The van der Waals surface area contributed by atoms with E-state index < -0.39 is 23.1 Å². The quantitative estimate of drug-likeness (QED) is 0.300. The van der Waals surface area contributed by atoms with Crippen molar-refractivity contribution in [3.63, 3.8) is 0 Å². The van der Waals surface area contributed by atoms with Crippen LogP contribution in [0.2, 0.25) is 0 Å². The zero-order valence-electron chi connectivity index (χ0n) is 18.8. The number of unbranched alkanes of at least 4 members (excludes halogenated alkanes) is 1. The number of nitrogens with one attached hydrogen (secondary N) is 2. The van der Waals surface area contributed by atoms with Gasteiger partial charge < -0.3 is 14.8 Å². The average Bonchev–Trinajstić information content (AvgIpc) is 2.48. The summed E-state index contributed by atoms with van der Waals surface area (Å²) in [5.74, 6) is -1.26. The Hall–Kier alpha value is -2.16. The van der Waals surface area contributed by atoms with E-state index in [-0.39, 0.29) is 37.6 Å². The Morgan fingerprint density at radius 1 is 0.759 bits per heavy atom. The lowest BCUT2D eigenvalue weighted by molar-refractivity contribution is -0.157. The van der Waals surface area contributed by atoms with Crippen molar-refractivity contribution in [3.8, 4) is 0 Å². The maximum atomic E-state index is 11.9. The van der Waals surface area contributed by atoms with Crippen LogP contribution in [0.4, 0.5) is 0 Å². The first-order valence-electron chi connectivity index (χ1n) is 9.89. The van der Waals surface area contributed by atoms with Gasteiger partial charge in [-0.25, -0.2) is 5.01 Å².